The molecule has 0 fully saturated rings. The third-order valence-electron chi connectivity index (χ3n) is 2.09. The third kappa shape index (κ3) is 6.73. The maximum absolute atomic E-state index is 4.12. The summed E-state index contributed by atoms with van der Waals surface area (Å²) in [6.07, 6.45) is 2.83. The SMILES string of the molecule is [CH2-]CNC([CH2-])(C)C.[Li+].[c-]1ccnc2c1CCN2. The molecule has 0 radical (unpaired) electrons. The van der Waals surface area contributed by atoms with E-state index in [9.17, 15) is 0 Å². The molecule has 2 rings (SSSR count). The van der Waals surface area contributed by atoms with Crippen LogP contribution in [-0.4, -0.2) is 23.6 Å². The topological polar surface area (TPSA) is 37.0 Å². The Morgan fingerprint density at radius 2 is 2.29 bits per heavy atom. The Hall–Kier alpha value is -0.493. The van der Waals surface area contributed by atoms with Crippen LogP contribution in [0.5, 0.6) is 0 Å². The molecular weight excluding hydrogens is 205 g/mol. The number of nitrogens with one attached hydrogen (secondary N) is 2. The molecule has 0 aliphatic carbocycles. The number of fused-ring (bicyclic) bond motifs is 1. The Labute approximate surface area is 117 Å². The van der Waals surface area contributed by atoms with Gasteiger partial charge >= 0.3 is 18.9 Å². The van der Waals surface area contributed by atoms with Crippen molar-refractivity contribution in [3.05, 3.63) is 37.7 Å². The van der Waals surface area contributed by atoms with Crippen molar-refractivity contribution in [2.24, 2.45) is 0 Å². The second kappa shape index (κ2) is 7.76. The maximum Gasteiger partial charge on any atom is 1.00 e. The van der Waals surface area contributed by atoms with Crippen molar-refractivity contribution in [1.82, 2.24) is 10.3 Å². The van der Waals surface area contributed by atoms with E-state index in [0.29, 0.717) is 0 Å². The summed E-state index contributed by atoms with van der Waals surface area (Å²) in [6.45, 7) is 13.2. The molecule has 0 spiro atoms. The Morgan fingerprint density at radius 1 is 1.59 bits per heavy atom. The standard InChI is InChI=1S/C7H7N2.C6H13N.Li/c1-2-6-3-5-9-7(6)8-4-1;1-5-7-6(2,3)4;/h1,4H,3,5H2,(H,8,9);7H,1-2,5H2,3-4H3;/q-1;-2;+1. The average molecular weight is 225 g/mol. The van der Waals surface area contributed by atoms with Gasteiger partial charge in [0.15, 0.2) is 0 Å². The minimum absolute atomic E-state index is 0. The van der Waals surface area contributed by atoms with Crippen molar-refractivity contribution in [3.63, 3.8) is 0 Å². The monoisotopic (exact) mass is 225 g/mol. The maximum atomic E-state index is 4.12. The molecule has 0 bridgehead atoms. The summed E-state index contributed by atoms with van der Waals surface area (Å²) in [5, 5.41) is 6.22. The van der Waals surface area contributed by atoms with Gasteiger partial charge in [-0.3, -0.25) is 0 Å². The molecule has 90 valence electrons. The van der Waals surface area contributed by atoms with E-state index in [0.717, 1.165) is 25.3 Å². The van der Waals surface area contributed by atoms with Crippen LogP contribution in [0.1, 0.15) is 19.4 Å². The first-order chi connectivity index (χ1) is 7.53. The molecule has 1 aliphatic heterocycles. The van der Waals surface area contributed by atoms with Crippen LogP contribution in [0.2, 0.25) is 0 Å². The van der Waals surface area contributed by atoms with E-state index in [2.05, 4.69) is 35.5 Å². The average Bonchev–Trinajstić information content (AvgIpc) is 2.64. The van der Waals surface area contributed by atoms with Crippen LogP contribution < -0.4 is 29.5 Å². The molecule has 0 aromatic carbocycles. The number of anilines is 1. The number of rotatable bonds is 2. The van der Waals surface area contributed by atoms with Gasteiger partial charge < -0.3 is 29.5 Å². The molecule has 2 heterocycles. The number of nitrogens with zero attached hydrogens (tertiary/aromatic N) is 1. The predicted molar refractivity (Wildman–Crippen MR) is 68.1 cm³/mol. The van der Waals surface area contributed by atoms with Crippen LogP contribution in [0.3, 0.4) is 0 Å². The fourth-order valence-corrected chi connectivity index (χ4v) is 1.38. The van der Waals surface area contributed by atoms with E-state index in [-0.39, 0.29) is 24.4 Å². The summed E-state index contributed by atoms with van der Waals surface area (Å²) in [6, 6.07) is 4.98. The zero-order valence-corrected chi connectivity index (χ0v) is 11.1. The summed E-state index contributed by atoms with van der Waals surface area (Å²) < 4.78 is 0. The molecule has 4 heteroatoms. The Kier molecular flexibility index (Phi) is 7.54. The van der Waals surface area contributed by atoms with Crippen LogP contribution in [-0.2, 0) is 6.42 Å². The van der Waals surface area contributed by atoms with Gasteiger partial charge in [0, 0.05) is 12.4 Å². The molecule has 3 nitrogen and oxygen atoms in total. The van der Waals surface area contributed by atoms with Gasteiger partial charge in [-0.05, 0) is 6.42 Å². The number of hydrogen-bond acceptors (Lipinski definition) is 3. The molecule has 17 heavy (non-hydrogen) atoms. The number of hydrogen-bond donors (Lipinski definition) is 2. The summed E-state index contributed by atoms with van der Waals surface area (Å²) >= 11 is 0. The van der Waals surface area contributed by atoms with Crippen LogP contribution in [0.25, 0.3) is 0 Å². The van der Waals surface area contributed by atoms with Crippen molar-refractivity contribution >= 4 is 5.82 Å². The first kappa shape index (κ1) is 16.5. The smallest absolute Gasteiger partial charge is 0.421 e. The fourth-order valence-electron chi connectivity index (χ4n) is 1.38. The van der Waals surface area contributed by atoms with Crippen molar-refractivity contribution in [1.29, 1.82) is 0 Å². The van der Waals surface area contributed by atoms with Gasteiger partial charge in [-0.1, -0.05) is 20.0 Å². The number of aromatic nitrogens is 1. The van der Waals surface area contributed by atoms with Gasteiger partial charge in [-0.2, -0.15) is 12.1 Å². The second-order valence-electron chi connectivity index (χ2n) is 4.40. The Morgan fingerprint density at radius 3 is 2.76 bits per heavy atom. The van der Waals surface area contributed by atoms with Crippen molar-refractivity contribution in [2.45, 2.75) is 25.8 Å². The molecule has 1 aromatic heterocycles. The first-order valence-electron chi connectivity index (χ1n) is 5.52. The van der Waals surface area contributed by atoms with Gasteiger partial charge in [-0.25, -0.2) is 0 Å². The molecule has 0 atom stereocenters. The van der Waals surface area contributed by atoms with Crippen molar-refractivity contribution in [3.8, 4) is 0 Å². The molecule has 2 N–H and O–H groups in total. The van der Waals surface area contributed by atoms with Gasteiger partial charge in [-0.15, -0.1) is 17.6 Å². The fraction of sp³-hybridized carbons (Fsp3) is 0.462. The van der Waals surface area contributed by atoms with Crippen molar-refractivity contribution < 1.29 is 18.9 Å². The minimum Gasteiger partial charge on any atom is -0.421 e. The molecule has 0 saturated carbocycles. The normalized spacial score (nSPS) is 12.7. The largest absolute Gasteiger partial charge is 1.00 e. The Balaban J connectivity index is 0.000000296. The molecule has 0 saturated heterocycles. The van der Waals surface area contributed by atoms with E-state index in [1.165, 1.54) is 5.56 Å². The first-order valence-corrected chi connectivity index (χ1v) is 5.52. The van der Waals surface area contributed by atoms with E-state index < -0.39 is 0 Å². The predicted octanol–water partition coefficient (Wildman–Crippen LogP) is -1.12. The third-order valence-corrected chi connectivity index (χ3v) is 2.09. The van der Waals surface area contributed by atoms with Crippen LogP contribution in [0, 0.1) is 19.9 Å². The van der Waals surface area contributed by atoms with Gasteiger partial charge in [0.05, 0.1) is 0 Å². The number of pyridine rings is 1. The molecule has 1 aliphatic rings. The molecule has 1 aromatic rings. The Bertz CT molecular complexity index is 298. The van der Waals surface area contributed by atoms with Crippen LogP contribution >= 0.6 is 0 Å². The van der Waals surface area contributed by atoms with Crippen LogP contribution in [0.4, 0.5) is 5.82 Å². The van der Waals surface area contributed by atoms with Crippen molar-refractivity contribution in [2.75, 3.05) is 18.4 Å². The molecule has 0 amide bonds. The summed E-state index contributed by atoms with van der Waals surface area (Å²) in [5.74, 6) is 1.01. The van der Waals surface area contributed by atoms with E-state index >= 15 is 0 Å². The molecular formula is C13H20LiN3-2. The zero-order valence-electron chi connectivity index (χ0n) is 11.1. The zero-order chi connectivity index (χ0) is 12.0. The quantitative estimate of drug-likeness (QED) is 0.494. The second-order valence-corrected chi connectivity index (χ2v) is 4.40. The van der Waals surface area contributed by atoms with E-state index in [1.54, 1.807) is 6.20 Å². The van der Waals surface area contributed by atoms with Gasteiger partial charge in [0.1, 0.15) is 0 Å². The van der Waals surface area contributed by atoms with E-state index in [1.807, 2.05) is 19.9 Å². The van der Waals surface area contributed by atoms with Gasteiger partial charge in [0.25, 0.3) is 0 Å². The minimum atomic E-state index is -0.0122. The van der Waals surface area contributed by atoms with E-state index in [4.69, 9.17) is 0 Å². The summed E-state index contributed by atoms with van der Waals surface area (Å²) in [5.41, 5.74) is 1.21. The summed E-state index contributed by atoms with van der Waals surface area (Å²) in [7, 11) is 0. The summed E-state index contributed by atoms with van der Waals surface area (Å²) in [4.78, 5) is 4.12. The van der Waals surface area contributed by atoms with Crippen LogP contribution in [0.15, 0.2) is 12.3 Å². The van der Waals surface area contributed by atoms with Gasteiger partial charge in [0.2, 0.25) is 0 Å². The molecule has 0 unspecified atom stereocenters.